The van der Waals surface area contributed by atoms with Gasteiger partial charge in [-0.15, -0.1) is 0 Å². The molecule has 0 aromatic carbocycles. The van der Waals surface area contributed by atoms with Crippen molar-refractivity contribution in [3.8, 4) is 17.1 Å². The third-order valence-corrected chi connectivity index (χ3v) is 2.62. The lowest BCUT2D eigenvalue weighted by atomic mass is 10.2. The zero-order chi connectivity index (χ0) is 11.5. The van der Waals surface area contributed by atoms with Crippen molar-refractivity contribution in [3.05, 3.63) is 36.9 Å². The molecule has 5 nitrogen and oxygen atoms in total. The number of nitrogens with one attached hydrogen (secondary N) is 1. The van der Waals surface area contributed by atoms with E-state index in [4.69, 9.17) is 4.74 Å². The molecule has 1 N–H and O–H groups in total. The van der Waals surface area contributed by atoms with Crippen molar-refractivity contribution in [3.63, 3.8) is 0 Å². The lowest BCUT2D eigenvalue weighted by Gasteiger charge is -2.27. The summed E-state index contributed by atoms with van der Waals surface area (Å²) < 4.78 is 5.77. The molecule has 2 aromatic rings. The maximum Gasteiger partial charge on any atom is 0.241 e. The average Bonchev–Trinajstić information content (AvgIpc) is 2.35. The molecule has 0 spiro atoms. The zero-order valence-corrected chi connectivity index (χ0v) is 9.21. The van der Waals surface area contributed by atoms with E-state index in [1.807, 2.05) is 12.1 Å². The van der Waals surface area contributed by atoms with E-state index in [0.717, 1.165) is 24.3 Å². The van der Waals surface area contributed by atoms with Crippen LogP contribution in [0.4, 0.5) is 0 Å². The Morgan fingerprint density at radius 3 is 2.76 bits per heavy atom. The van der Waals surface area contributed by atoms with Crippen molar-refractivity contribution >= 4 is 0 Å². The fourth-order valence-electron chi connectivity index (χ4n) is 1.62. The first-order valence-electron chi connectivity index (χ1n) is 5.52. The van der Waals surface area contributed by atoms with Gasteiger partial charge in [-0.2, -0.15) is 0 Å². The smallest absolute Gasteiger partial charge is 0.241 e. The number of hydrogen-bond acceptors (Lipinski definition) is 5. The van der Waals surface area contributed by atoms with Crippen molar-refractivity contribution in [2.45, 2.75) is 6.10 Å². The van der Waals surface area contributed by atoms with Gasteiger partial charge in [0.25, 0.3) is 0 Å². The lowest BCUT2D eigenvalue weighted by Crippen LogP contribution is -2.50. The minimum atomic E-state index is 0.196. The standard InChI is InChI=1S/C12H12N4O/c1-2-9(6-13-3-1)11-12(16-5-4-15-11)17-10-7-14-8-10/h1-6,10,14H,7-8H2. The molecule has 0 aliphatic carbocycles. The van der Waals surface area contributed by atoms with Crippen LogP contribution in [0.25, 0.3) is 11.3 Å². The van der Waals surface area contributed by atoms with Gasteiger partial charge in [-0.3, -0.25) is 4.98 Å². The van der Waals surface area contributed by atoms with Crippen LogP contribution in [0.2, 0.25) is 0 Å². The number of aromatic nitrogens is 3. The van der Waals surface area contributed by atoms with Crippen LogP contribution in [0, 0.1) is 0 Å². The molecule has 17 heavy (non-hydrogen) atoms. The Kier molecular flexibility index (Phi) is 2.67. The predicted molar refractivity (Wildman–Crippen MR) is 62.5 cm³/mol. The average molecular weight is 228 g/mol. The molecule has 1 aliphatic rings. The molecule has 3 rings (SSSR count). The van der Waals surface area contributed by atoms with Crippen molar-refractivity contribution in [1.29, 1.82) is 0 Å². The monoisotopic (exact) mass is 228 g/mol. The van der Waals surface area contributed by atoms with Crippen LogP contribution >= 0.6 is 0 Å². The summed E-state index contributed by atoms with van der Waals surface area (Å²) in [5.41, 5.74) is 1.66. The quantitative estimate of drug-likeness (QED) is 0.845. The molecule has 86 valence electrons. The zero-order valence-electron chi connectivity index (χ0n) is 9.21. The van der Waals surface area contributed by atoms with Crippen molar-refractivity contribution < 1.29 is 4.74 Å². The highest BCUT2D eigenvalue weighted by atomic mass is 16.5. The maximum atomic E-state index is 5.77. The second-order valence-corrected chi connectivity index (χ2v) is 3.85. The first-order chi connectivity index (χ1) is 8.43. The molecule has 0 unspecified atom stereocenters. The fourth-order valence-corrected chi connectivity index (χ4v) is 1.62. The number of hydrogen-bond donors (Lipinski definition) is 1. The molecule has 0 atom stereocenters. The second-order valence-electron chi connectivity index (χ2n) is 3.85. The highest BCUT2D eigenvalue weighted by molar-refractivity contribution is 5.62. The molecule has 3 heterocycles. The molecular formula is C12H12N4O. The highest BCUT2D eigenvalue weighted by Crippen LogP contribution is 2.25. The molecule has 0 bridgehead atoms. The first-order valence-corrected chi connectivity index (χ1v) is 5.52. The van der Waals surface area contributed by atoms with Gasteiger partial charge in [0.15, 0.2) is 0 Å². The molecule has 1 aliphatic heterocycles. The van der Waals surface area contributed by atoms with Gasteiger partial charge < -0.3 is 10.1 Å². The van der Waals surface area contributed by atoms with Crippen LogP contribution in [0.3, 0.4) is 0 Å². The Hall–Kier alpha value is -2.01. The third-order valence-electron chi connectivity index (χ3n) is 2.62. The maximum absolute atomic E-state index is 5.77. The van der Waals surface area contributed by atoms with Gasteiger partial charge in [-0.25, -0.2) is 9.97 Å². The SMILES string of the molecule is c1cncc(-c2nccnc2OC2CNC2)c1. The summed E-state index contributed by atoms with van der Waals surface area (Å²) in [6, 6.07) is 3.82. The number of nitrogens with zero attached hydrogens (tertiary/aromatic N) is 3. The molecule has 5 heteroatoms. The van der Waals surface area contributed by atoms with Gasteiger partial charge in [-0.05, 0) is 12.1 Å². The summed E-state index contributed by atoms with van der Waals surface area (Å²) in [4.78, 5) is 12.6. The lowest BCUT2D eigenvalue weighted by molar-refractivity contribution is 0.136. The van der Waals surface area contributed by atoms with Crippen LogP contribution in [0.1, 0.15) is 0 Å². The molecule has 0 radical (unpaired) electrons. The summed E-state index contributed by atoms with van der Waals surface area (Å²) in [6.45, 7) is 1.73. The van der Waals surface area contributed by atoms with Gasteiger partial charge in [0.1, 0.15) is 11.8 Å². The van der Waals surface area contributed by atoms with Gasteiger partial charge in [0.2, 0.25) is 5.88 Å². The second kappa shape index (κ2) is 4.47. The van der Waals surface area contributed by atoms with E-state index in [-0.39, 0.29) is 6.10 Å². The highest BCUT2D eigenvalue weighted by Gasteiger charge is 2.21. The van der Waals surface area contributed by atoms with Crippen LogP contribution < -0.4 is 10.1 Å². The summed E-state index contributed by atoms with van der Waals surface area (Å²) in [5.74, 6) is 0.576. The van der Waals surface area contributed by atoms with E-state index in [2.05, 4.69) is 20.3 Å². The Morgan fingerprint density at radius 2 is 2.06 bits per heavy atom. The van der Waals surface area contributed by atoms with E-state index < -0.39 is 0 Å². The van der Waals surface area contributed by atoms with Crippen LogP contribution in [0.15, 0.2) is 36.9 Å². The molecule has 2 aromatic heterocycles. The molecule has 0 amide bonds. The topological polar surface area (TPSA) is 59.9 Å². The minimum Gasteiger partial charge on any atom is -0.470 e. The van der Waals surface area contributed by atoms with Crippen molar-refractivity contribution in [2.75, 3.05) is 13.1 Å². The Morgan fingerprint density at radius 1 is 1.18 bits per heavy atom. The van der Waals surface area contributed by atoms with Crippen LogP contribution in [-0.4, -0.2) is 34.1 Å². The summed E-state index contributed by atoms with van der Waals surface area (Å²) in [7, 11) is 0. The van der Waals surface area contributed by atoms with E-state index in [1.165, 1.54) is 0 Å². The van der Waals surface area contributed by atoms with Crippen molar-refractivity contribution in [2.24, 2.45) is 0 Å². The molecule has 1 fully saturated rings. The Balaban J connectivity index is 1.92. The third kappa shape index (κ3) is 2.09. The largest absolute Gasteiger partial charge is 0.470 e. The van der Waals surface area contributed by atoms with E-state index in [1.54, 1.807) is 24.8 Å². The molecule has 0 saturated carbocycles. The predicted octanol–water partition coefficient (Wildman–Crippen LogP) is 0.889. The van der Waals surface area contributed by atoms with Gasteiger partial charge in [-0.1, -0.05) is 0 Å². The van der Waals surface area contributed by atoms with E-state index >= 15 is 0 Å². The van der Waals surface area contributed by atoms with Crippen LogP contribution in [0.5, 0.6) is 5.88 Å². The van der Waals surface area contributed by atoms with E-state index in [0.29, 0.717) is 5.88 Å². The summed E-state index contributed by atoms with van der Waals surface area (Å²) >= 11 is 0. The number of pyridine rings is 1. The summed E-state index contributed by atoms with van der Waals surface area (Å²) in [5, 5.41) is 3.16. The minimum absolute atomic E-state index is 0.196. The van der Waals surface area contributed by atoms with Gasteiger partial charge in [0.05, 0.1) is 0 Å². The summed E-state index contributed by atoms with van der Waals surface area (Å²) in [6.07, 6.45) is 6.99. The Labute approximate surface area is 98.9 Å². The fraction of sp³-hybridized carbons (Fsp3) is 0.250. The van der Waals surface area contributed by atoms with Crippen LogP contribution in [-0.2, 0) is 0 Å². The van der Waals surface area contributed by atoms with Crippen molar-refractivity contribution in [1.82, 2.24) is 20.3 Å². The first kappa shape index (κ1) is 10.2. The number of rotatable bonds is 3. The Bertz CT molecular complexity index is 499. The van der Waals surface area contributed by atoms with Gasteiger partial charge >= 0.3 is 0 Å². The number of ether oxygens (including phenoxy) is 1. The van der Waals surface area contributed by atoms with E-state index in [9.17, 15) is 0 Å². The van der Waals surface area contributed by atoms with Gasteiger partial charge in [0, 0.05) is 43.4 Å². The molecular weight excluding hydrogens is 216 g/mol. The normalized spacial score (nSPS) is 15.3. The molecule has 1 saturated heterocycles.